The van der Waals surface area contributed by atoms with Gasteiger partial charge in [-0.25, -0.2) is 4.79 Å². The smallest absolute Gasteiger partial charge is 0.326 e. The van der Waals surface area contributed by atoms with Crippen LogP contribution in [0.15, 0.2) is 0 Å². The van der Waals surface area contributed by atoms with Crippen molar-refractivity contribution in [3.8, 4) is 0 Å². The molecule has 0 aliphatic carbocycles. The predicted molar refractivity (Wildman–Crippen MR) is 339 cm³/mol. The molecule has 0 aromatic rings. The van der Waals surface area contributed by atoms with E-state index in [1.54, 1.807) is 13.8 Å². The van der Waals surface area contributed by atoms with Crippen LogP contribution >= 0.6 is 0 Å². The van der Waals surface area contributed by atoms with Crippen molar-refractivity contribution < 1.29 is 117 Å². The molecule has 14 atom stereocenters. The van der Waals surface area contributed by atoms with Crippen LogP contribution in [-0.2, 0) is 81.5 Å². The van der Waals surface area contributed by atoms with E-state index in [1.807, 2.05) is 0 Å². The number of carboxylic acid groups (broad SMARTS) is 5. The first-order valence-corrected chi connectivity index (χ1v) is 31.5. The summed E-state index contributed by atoms with van der Waals surface area (Å²) in [7, 11) is 0. The molecule has 38 nitrogen and oxygen atoms in total. The number of nitrogens with one attached hydrogen (secondary N) is 12. The molecule has 0 heterocycles. The SMILES string of the molecule is CC(C)C[C@H](NC(=O)[C@H](C)NC(=O)[C@@H](NC(=O)[C@@H](NC(=O)[C@H](C)NC(=O)[C@H](CO)NC(=O)[C@H](CCCCN)NC(=O)[C@H](CCC(=O)O)NC(=O)[C@@H](N)CCC(=O)O)C(C)C)[C@@H](C)O)C(=O)N[C@H](C(=O)N[C@@H](CC(=O)O)C(=O)N[C@@H](CCC(=O)O)C(=O)N[C@H](C(=O)O)C(C)C)C(C)C. The summed E-state index contributed by atoms with van der Waals surface area (Å²) in [5, 5.41) is 95.5. The van der Waals surface area contributed by atoms with Gasteiger partial charge in [-0.05, 0) is 95.9 Å². The maximum atomic E-state index is 14.0. The lowest BCUT2D eigenvalue weighted by Crippen LogP contribution is -2.62. The molecule has 0 saturated heterocycles. The normalized spacial score (nSPS) is 15.6. The van der Waals surface area contributed by atoms with E-state index in [-0.39, 0.29) is 38.1 Å². The van der Waals surface area contributed by atoms with E-state index in [9.17, 15) is 112 Å². The molecule has 550 valence electrons. The molecule has 0 saturated carbocycles. The third kappa shape index (κ3) is 33.4. The van der Waals surface area contributed by atoms with E-state index in [0.717, 1.165) is 13.8 Å². The number of aliphatic hydroxyl groups is 2. The number of amides is 12. The summed E-state index contributed by atoms with van der Waals surface area (Å²) in [6.45, 7) is 14.7. The Morgan fingerprint density at radius 2 is 0.670 bits per heavy atom. The van der Waals surface area contributed by atoms with Crippen LogP contribution in [0.5, 0.6) is 0 Å². The van der Waals surface area contributed by atoms with Crippen molar-refractivity contribution in [2.24, 2.45) is 35.1 Å². The molecule has 0 aliphatic heterocycles. The van der Waals surface area contributed by atoms with Crippen molar-refractivity contribution in [1.29, 1.82) is 0 Å². The standard InChI is InChI=1S/C59H100N14O24/c1-25(2)22-36(54(91)71-43(26(3)4)56(93)68-37(23-42(82)83)53(90)66-35(17-20-41(80)81)52(89)72-45(28(7)8)59(96)97)67-47(84)29(9)63-58(95)46(31(11)75)73-57(94)44(27(5)6)70-48(85)30(10)62-55(92)38(24-74)69-50(87)33(14-12-13-21-60)65-51(88)34(16-19-40(78)79)64-49(86)32(61)15-18-39(76)77/h25-38,43-46,74-75H,12-24,60-61H2,1-11H3,(H,62,92)(H,63,95)(H,64,86)(H,65,88)(H,66,90)(H,67,84)(H,68,93)(H,69,87)(H,70,85)(H,71,91)(H,72,89)(H,73,94)(H,76,77)(H,78,79)(H,80,81)(H,82,83)(H,96,97)/t29-,30-,31+,32-,33-,34-,35-,36-,37-,38-,43-,44-,45-,46-/m0/s1. The number of unbranched alkanes of at least 4 members (excludes halogenated alkanes) is 1. The lowest BCUT2D eigenvalue weighted by Gasteiger charge is -2.29. The summed E-state index contributed by atoms with van der Waals surface area (Å²) in [6.07, 6.45) is -5.74. The van der Waals surface area contributed by atoms with Gasteiger partial charge in [0, 0.05) is 19.3 Å². The maximum Gasteiger partial charge on any atom is 0.326 e. The zero-order valence-corrected chi connectivity index (χ0v) is 56.3. The molecule has 0 aliphatic rings. The first-order valence-electron chi connectivity index (χ1n) is 31.5. The van der Waals surface area contributed by atoms with Crippen LogP contribution in [0.4, 0.5) is 0 Å². The van der Waals surface area contributed by atoms with Crippen LogP contribution in [0.25, 0.3) is 0 Å². The lowest BCUT2D eigenvalue weighted by atomic mass is 9.99. The molecule has 0 aromatic carbocycles. The summed E-state index contributed by atoms with van der Waals surface area (Å²) in [5.74, 6) is -22.7. The van der Waals surface area contributed by atoms with Gasteiger partial charge in [0.05, 0.1) is 25.2 Å². The Kier molecular flexibility index (Phi) is 39.7. The average Bonchev–Trinajstić information content (AvgIpc) is 3.73. The molecule has 0 unspecified atom stereocenters. The zero-order valence-electron chi connectivity index (χ0n) is 56.3. The van der Waals surface area contributed by atoms with Gasteiger partial charge < -0.3 is 111 Å². The van der Waals surface area contributed by atoms with Gasteiger partial charge in [0.25, 0.3) is 0 Å². The number of hydrogen-bond donors (Lipinski definition) is 21. The van der Waals surface area contributed by atoms with Gasteiger partial charge in [0.2, 0.25) is 70.9 Å². The van der Waals surface area contributed by atoms with Crippen molar-refractivity contribution >= 4 is 101 Å². The van der Waals surface area contributed by atoms with Gasteiger partial charge in [-0.3, -0.25) is 76.7 Å². The Morgan fingerprint density at radius 3 is 1.09 bits per heavy atom. The van der Waals surface area contributed by atoms with Crippen molar-refractivity contribution in [1.82, 2.24) is 63.8 Å². The van der Waals surface area contributed by atoms with E-state index in [2.05, 4.69) is 63.8 Å². The molecule has 12 amide bonds. The molecule has 0 aromatic heterocycles. The van der Waals surface area contributed by atoms with Crippen molar-refractivity contribution in [3.05, 3.63) is 0 Å². The second-order valence-corrected chi connectivity index (χ2v) is 24.7. The van der Waals surface area contributed by atoms with E-state index in [4.69, 9.17) is 16.6 Å². The van der Waals surface area contributed by atoms with E-state index >= 15 is 0 Å². The Bertz CT molecular complexity index is 2770. The van der Waals surface area contributed by atoms with Crippen molar-refractivity contribution in [3.63, 3.8) is 0 Å². The van der Waals surface area contributed by atoms with Crippen LogP contribution in [-0.4, -0.2) is 234 Å². The summed E-state index contributed by atoms with van der Waals surface area (Å²) in [4.78, 5) is 221. The second kappa shape index (κ2) is 43.8. The molecule has 23 N–H and O–H groups in total. The van der Waals surface area contributed by atoms with Gasteiger partial charge in [-0.1, -0.05) is 55.4 Å². The van der Waals surface area contributed by atoms with Crippen LogP contribution in [0.3, 0.4) is 0 Å². The van der Waals surface area contributed by atoms with Crippen molar-refractivity contribution in [2.45, 2.75) is 231 Å². The fraction of sp³-hybridized carbons (Fsp3) is 0.712. The van der Waals surface area contributed by atoms with Crippen molar-refractivity contribution in [2.75, 3.05) is 13.2 Å². The Labute approximate surface area is 559 Å². The quantitative estimate of drug-likeness (QED) is 0.0252. The minimum atomic E-state index is -1.96. The van der Waals surface area contributed by atoms with E-state index in [0.29, 0.717) is 6.42 Å². The number of carbonyl (C=O) groups is 17. The van der Waals surface area contributed by atoms with Gasteiger partial charge in [0.15, 0.2) is 0 Å². The minimum Gasteiger partial charge on any atom is -0.481 e. The number of rotatable bonds is 47. The Hall–Kier alpha value is -9.17. The third-order valence-electron chi connectivity index (χ3n) is 14.6. The second-order valence-electron chi connectivity index (χ2n) is 24.7. The number of carbonyl (C=O) groups excluding carboxylic acids is 12. The summed E-state index contributed by atoms with van der Waals surface area (Å²) in [5.41, 5.74) is 11.4. The predicted octanol–water partition coefficient (Wildman–Crippen LogP) is -6.16. The largest absolute Gasteiger partial charge is 0.481 e. The van der Waals surface area contributed by atoms with Crippen LogP contribution in [0.2, 0.25) is 0 Å². The fourth-order valence-corrected chi connectivity index (χ4v) is 8.95. The molecule has 97 heavy (non-hydrogen) atoms. The van der Waals surface area contributed by atoms with Crippen LogP contribution in [0.1, 0.15) is 147 Å². The zero-order chi connectivity index (χ0) is 74.9. The highest BCUT2D eigenvalue weighted by molar-refractivity contribution is 6.00. The van der Waals surface area contributed by atoms with Gasteiger partial charge in [-0.2, -0.15) is 0 Å². The molecule has 0 fully saturated rings. The summed E-state index contributed by atoms with van der Waals surface area (Å²) in [6, 6.07) is -20.9. The highest BCUT2D eigenvalue weighted by atomic mass is 16.4. The number of aliphatic carboxylic acids is 5. The minimum absolute atomic E-state index is 0.0930. The topological polar surface area (TPSA) is 628 Å². The molecular formula is C59H100N14O24. The molecule has 0 radical (unpaired) electrons. The number of hydrogen-bond acceptors (Lipinski definition) is 21. The molecule has 0 spiro atoms. The summed E-state index contributed by atoms with van der Waals surface area (Å²) < 4.78 is 0. The number of carboxylic acids is 5. The summed E-state index contributed by atoms with van der Waals surface area (Å²) >= 11 is 0. The third-order valence-corrected chi connectivity index (χ3v) is 14.6. The molecule has 38 heteroatoms. The van der Waals surface area contributed by atoms with Gasteiger partial charge in [-0.15, -0.1) is 0 Å². The first kappa shape index (κ1) is 87.8. The van der Waals surface area contributed by atoms with Crippen LogP contribution in [0, 0.1) is 23.7 Å². The highest BCUT2D eigenvalue weighted by Crippen LogP contribution is 2.13. The van der Waals surface area contributed by atoms with E-state index < -0.39 is 248 Å². The Balaban J connectivity index is 6.35. The molecule has 0 bridgehead atoms. The molecular weight excluding hydrogens is 1290 g/mol. The Morgan fingerprint density at radius 1 is 0.340 bits per heavy atom. The highest BCUT2D eigenvalue weighted by Gasteiger charge is 2.39. The number of aliphatic hydroxyl groups excluding tert-OH is 2. The maximum absolute atomic E-state index is 14.0. The fourth-order valence-electron chi connectivity index (χ4n) is 8.95. The molecule has 0 rings (SSSR count). The monoisotopic (exact) mass is 1390 g/mol. The number of nitrogens with two attached hydrogens (primary N) is 2. The van der Waals surface area contributed by atoms with Gasteiger partial charge in [0.1, 0.15) is 72.5 Å². The van der Waals surface area contributed by atoms with Crippen LogP contribution < -0.4 is 75.3 Å². The lowest BCUT2D eigenvalue weighted by molar-refractivity contribution is -0.144. The van der Waals surface area contributed by atoms with Gasteiger partial charge >= 0.3 is 29.8 Å². The first-order chi connectivity index (χ1) is 45.0. The average molecular weight is 1390 g/mol. The van der Waals surface area contributed by atoms with E-state index in [1.165, 1.54) is 48.5 Å².